The van der Waals surface area contributed by atoms with Gasteiger partial charge in [0.25, 0.3) is 5.91 Å². The third-order valence-electron chi connectivity index (χ3n) is 4.02. The number of benzene rings is 1. The Hall–Kier alpha value is -3.74. The molecule has 7 nitrogen and oxygen atoms in total. The molecule has 3 heterocycles. The second-order valence-electron chi connectivity index (χ2n) is 5.82. The molecule has 0 aliphatic heterocycles. The zero-order valence-electron chi connectivity index (χ0n) is 13.9. The summed E-state index contributed by atoms with van der Waals surface area (Å²) in [5.41, 5.74) is 3.72. The summed E-state index contributed by atoms with van der Waals surface area (Å²) in [5.74, 6) is -0.155. The van der Waals surface area contributed by atoms with E-state index in [1.165, 1.54) is 6.20 Å². The minimum Gasteiger partial charge on any atom is -0.506 e. The van der Waals surface area contributed by atoms with E-state index >= 15 is 0 Å². The van der Waals surface area contributed by atoms with E-state index in [4.69, 9.17) is 0 Å². The van der Waals surface area contributed by atoms with Crippen molar-refractivity contribution in [2.24, 2.45) is 7.05 Å². The number of amides is 1. The van der Waals surface area contributed by atoms with Crippen molar-refractivity contribution in [2.45, 2.75) is 0 Å². The first-order chi connectivity index (χ1) is 12.6. The fraction of sp³-hybridized carbons (Fsp3) is 0.0526. The predicted octanol–water partition coefficient (Wildman–Crippen LogP) is 2.99. The molecule has 0 unspecified atom stereocenters. The lowest BCUT2D eigenvalue weighted by molar-refractivity contribution is 0.102. The maximum Gasteiger partial charge on any atom is 0.257 e. The molecule has 1 aromatic carbocycles. The van der Waals surface area contributed by atoms with Gasteiger partial charge in [0.15, 0.2) is 5.65 Å². The minimum absolute atomic E-state index is 0.110. The molecule has 2 N–H and O–H groups in total. The van der Waals surface area contributed by atoms with E-state index in [0.29, 0.717) is 22.5 Å². The number of nitrogens with zero attached hydrogens (tertiary/aromatic N) is 4. The lowest BCUT2D eigenvalue weighted by Gasteiger charge is -2.07. The van der Waals surface area contributed by atoms with Crippen molar-refractivity contribution in [3.8, 4) is 17.0 Å². The molecule has 0 aliphatic carbocycles. The van der Waals surface area contributed by atoms with E-state index in [9.17, 15) is 9.90 Å². The number of nitrogens with one attached hydrogen (secondary N) is 1. The number of carbonyl (C=O) groups is 1. The van der Waals surface area contributed by atoms with Gasteiger partial charge in [0.1, 0.15) is 17.0 Å². The SMILES string of the molecule is Cn1cnc2cc(C(=O)Nc3ccc(-c4ncccc4O)cc3)cnc21. The molecule has 4 rings (SSSR count). The lowest BCUT2D eigenvalue weighted by atomic mass is 10.1. The zero-order valence-corrected chi connectivity index (χ0v) is 13.9. The zero-order chi connectivity index (χ0) is 18.1. The first kappa shape index (κ1) is 15.8. The van der Waals surface area contributed by atoms with Gasteiger partial charge in [0, 0.05) is 30.7 Å². The van der Waals surface area contributed by atoms with Crippen LogP contribution >= 0.6 is 0 Å². The van der Waals surface area contributed by atoms with Gasteiger partial charge in [-0.15, -0.1) is 0 Å². The van der Waals surface area contributed by atoms with E-state index in [1.54, 1.807) is 59.6 Å². The molecule has 0 fully saturated rings. The number of carbonyl (C=O) groups excluding carboxylic acids is 1. The van der Waals surface area contributed by atoms with Gasteiger partial charge < -0.3 is 15.0 Å². The van der Waals surface area contributed by atoms with Crippen LogP contribution in [0.5, 0.6) is 5.75 Å². The number of hydrogen-bond acceptors (Lipinski definition) is 5. The third kappa shape index (κ3) is 2.86. The van der Waals surface area contributed by atoms with E-state index in [-0.39, 0.29) is 11.7 Å². The highest BCUT2D eigenvalue weighted by Crippen LogP contribution is 2.27. The Kier molecular flexibility index (Phi) is 3.81. The molecule has 0 spiro atoms. The normalized spacial score (nSPS) is 10.8. The number of aromatic nitrogens is 4. The fourth-order valence-corrected chi connectivity index (χ4v) is 2.67. The van der Waals surface area contributed by atoms with Crippen LogP contribution in [0.1, 0.15) is 10.4 Å². The number of rotatable bonds is 3. The van der Waals surface area contributed by atoms with Crippen molar-refractivity contribution >= 4 is 22.8 Å². The predicted molar refractivity (Wildman–Crippen MR) is 97.8 cm³/mol. The molecular formula is C19H15N5O2. The first-order valence-corrected chi connectivity index (χ1v) is 7.94. The topological polar surface area (TPSA) is 92.9 Å². The van der Waals surface area contributed by atoms with E-state index in [2.05, 4.69) is 20.3 Å². The summed E-state index contributed by atoms with van der Waals surface area (Å²) in [6.45, 7) is 0. The van der Waals surface area contributed by atoms with Crippen LogP contribution < -0.4 is 5.32 Å². The molecule has 128 valence electrons. The maximum atomic E-state index is 12.4. The average Bonchev–Trinajstić information content (AvgIpc) is 3.03. The molecular weight excluding hydrogens is 330 g/mol. The van der Waals surface area contributed by atoms with Gasteiger partial charge in [-0.05, 0) is 30.3 Å². The monoisotopic (exact) mass is 345 g/mol. The molecule has 7 heteroatoms. The van der Waals surface area contributed by atoms with Crippen molar-refractivity contribution in [1.29, 1.82) is 0 Å². The Labute approximate surface area is 149 Å². The molecule has 0 saturated heterocycles. The van der Waals surface area contributed by atoms with Crippen LogP contribution in [-0.2, 0) is 7.05 Å². The molecule has 1 amide bonds. The molecule has 3 aromatic heterocycles. The van der Waals surface area contributed by atoms with Gasteiger partial charge in [0.05, 0.1) is 11.9 Å². The maximum absolute atomic E-state index is 12.4. The van der Waals surface area contributed by atoms with Crippen LogP contribution in [-0.4, -0.2) is 30.5 Å². The average molecular weight is 345 g/mol. The number of imidazole rings is 1. The molecule has 0 saturated carbocycles. The molecule has 26 heavy (non-hydrogen) atoms. The number of aryl methyl sites for hydroxylation is 1. The number of pyridine rings is 2. The smallest absolute Gasteiger partial charge is 0.257 e. The lowest BCUT2D eigenvalue weighted by Crippen LogP contribution is -2.12. The van der Waals surface area contributed by atoms with Gasteiger partial charge in [-0.2, -0.15) is 0 Å². The van der Waals surface area contributed by atoms with Crippen LogP contribution in [0, 0.1) is 0 Å². The number of hydrogen-bond donors (Lipinski definition) is 2. The Morgan fingerprint density at radius 1 is 1.12 bits per heavy atom. The van der Waals surface area contributed by atoms with Gasteiger partial charge in [-0.25, -0.2) is 9.97 Å². The van der Waals surface area contributed by atoms with Crippen molar-refractivity contribution in [3.05, 3.63) is 66.7 Å². The van der Waals surface area contributed by atoms with Crippen LogP contribution in [0.15, 0.2) is 61.2 Å². The van der Waals surface area contributed by atoms with E-state index in [0.717, 1.165) is 11.2 Å². The van der Waals surface area contributed by atoms with E-state index in [1.807, 2.05) is 7.05 Å². The summed E-state index contributed by atoms with van der Waals surface area (Å²) in [6.07, 6.45) is 4.80. The van der Waals surface area contributed by atoms with Gasteiger partial charge in [-0.1, -0.05) is 12.1 Å². The largest absolute Gasteiger partial charge is 0.506 e. The Balaban J connectivity index is 1.54. The summed E-state index contributed by atoms with van der Waals surface area (Å²) < 4.78 is 1.79. The summed E-state index contributed by atoms with van der Waals surface area (Å²) in [4.78, 5) is 25.1. The van der Waals surface area contributed by atoms with Gasteiger partial charge in [0.2, 0.25) is 0 Å². The highest BCUT2D eigenvalue weighted by atomic mass is 16.3. The fourth-order valence-electron chi connectivity index (χ4n) is 2.67. The summed E-state index contributed by atoms with van der Waals surface area (Å²) >= 11 is 0. The molecule has 0 atom stereocenters. The standard InChI is InChI=1S/C19H15N5O2/c1-24-11-22-15-9-13(10-21-18(15)24)19(26)23-14-6-4-12(5-7-14)17-16(25)3-2-8-20-17/h2-11,25H,1H3,(H,23,26). The number of anilines is 1. The molecule has 4 aromatic rings. The van der Waals surface area contributed by atoms with Crippen LogP contribution in [0.25, 0.3) is 22.4 Å². The third-order valence-corrected chi connectivity index (χ3v) is 4.02. The molecule has 0 aliphatic rings. The van der Waals surface area contributed by atoms with Crippen molar-refractivity contribution in [2.75, 3.05) is 5.32 Å². The quantitative estimate of drug-likeness (QED) is 0.595. The van der Waals surface area contributed by atoms with Crippen LogP contribution in [0.2, 0.25) is 0 Å². The summed E-state index contributed by atoms with van der Waals surface area (Å²) in [7, 11) is 1.85. The van der Waals surface area contributed by atoms with Gasteiger partial charge >= 0.3 is 0 Å². The molecule has 0 bridgehead atoms. The number of fused-ring (bicyclic) bond motifs is 1. The first-order valence-electron chi connectivity index (χ1n) is 7.94. The highest BCUT2D eigenvalue weighted by Gasteiger charge is 2.11. The summed E-state index contributed by atoms with van der Waals surface area (Å²) in [6, 6.07) is 12.1. The summed E-state index contributed by atoms with van der Waals surface area (Å²) in [5, 5.41) is 12.7. The Morgan fingerprint density at radius 3 is 2.69 bits per heavy atom. The number of aromatic hydroxyl groups is 1. The van der Waals surface area contributed by atoms with Crippen molar-refractivity contribution in [1.82, 2.24) is 19.5 Å². The van der Waals surface area contributed by atoms with Crippen LogP contribution in [0.3, 0.4) is 0 Å². The van der Waals surface area contributed by atoms with Crippen molar-refractivity contribution < 1.29 is 9.90 Å². The van der Waals surface area contributed by atoms with Crippen molar-refractivity contribution in [3.63, 3.8) is 0 Å². The van der Waals surface area contributed by atoms with Gasteiger partial charge in [-0.3, -0.25) is 9.78 Å². The Bertz CT molecular complexity index is 1100. The van der Waals surface area contributed by atoms with Crippen LogP contribution in [0.4, 0.5) is 5.69 Å². The van der Waals surface area contributed by atoms with E-state index < -0.39 is 0 Å². The second-order valence-corrected chi connectivity index (χ2v) is 5.82. The molecule has 0 radical (unpaired) electrons. The second kappa shape index (κ2) is 6.29. The minimum atomic E-state index is -0.265. The Morgan fingerprint density at radius 2 is 1.92 bits per heavy atom. The highest BCUT2D eigenvalue weighted by molar-refractivity contribution is 6.05.